The van der Waals surface area contributed by atoms with Crippen LogP contribution in [-0.4, -0.2) is 51.7 Å². The van der Waals surface area contributed by atoms with E-state index in [1.165, 1.54) is 19.3 Å². The van der Waals surface area contributed by atoms with Gasteiger partial charge in [0.15, 0.2) is 12.3 Å². The summed E-state index contributed by atoms with van der Waals surface area (Å²) >= 11 is 0. The molecule has 0 spiro atoms. The zero-order valence-electron chi connectivity index (χ0n) is 19.1. The van der Waals surface area contributed by atoms with Crippen molar-refractivity contribution in [2.24, 2.45) is 5.16 Å². The average Bonchev–Trinajstić information content (AvgIpc) is 3.23. The Morgan fingerprint density at radius 2 is 1.97 bits per heavy atom. The van der Waals surface area contributed by atoms with Gasteiger partial charge in [0.25, 0.3) is 5.91 Å². The summed E-state index contributed by atoms with van der Waals surface area (Å²) in [6.07, 6.45) is 7.37. The highest BCUT2D eigenvalue weighted by Gasteiger charge is 2.22. The molecule has 1 fully saturated rings. The minimum atomic E-state index is -0.275. The van der Waals surface area contributed by atoms with Gasteiger partial charge in [0, 0.05) is 24.0 Å². The third-order valence-corrected chi connectivity index (χ3v) is 6.54. The normalized spacial score (nSPS) is 14.7. The second kappa shape index (κ2) is 9.51. The highest BCUT2D eigenvalue weighted by molar-refractivity contribution is 5.95. The van der Waals surface area contributed by atoms with E-state index >= 15 is 0 Å². The van der Waals surface area contributed by atoms with E-state index in [-0.39, 0.29) is 18.2 Å². The Labute approximate surface area is 196 Å². The molecule has 2 heterocycles. The predicted octanol–water partition coefficient (Wildman–Crippen LogP) is 4.21. The van der Waals surface area contributed by atoms with Crippen molar-refractivity contribution in [2.45, 2.75) is 38.1 Å². The van der Waals surface area contributed by atoms with Crippen molar-refractivity contribution in [1.82, 2.24) is 19.9 Å². The van der Waals surface area contributed by atoms with Gasteiger partial charge in [-0.25, -0.2) is 9.78 Å². The molecule has 2 aromatic carbocycles. The van der Waals surface area contributed by atoms with Crippen LogP contribution in [0.15, 0.2) is 58.5 Å². The van der Waals surface area contributed by atoms with Crippen LogP contribution in [0.4, 0.5) is 0 Å². The summed E-state index contributed by atoms with van der Waals surface area (Å²) in [7, 11) is 1.85. The molecule has 0 unspecified atom stereocenters. The number of hydrogen-bond donors (Lipinski definition) is 2. The molecule has 8 heteroatoms. The van der Waals surface area contributed by atoms with Crippen LogP contribution in [0.1, 0.15) is 37.7 Å². The van der Waals surface area contributed by atoms with E-state index in [0.717, 1.165) is 40.4 Å². The molecular weight excluding hydrogens is 430 g/mol. The molecule has 1 amide bonds. The van der Waals surface area contributed by atoms with Gasteiger partial charge in [-0.15, -0.1) is 0 Å². The van der Waals surface area contributed by atoms with Gasteiger partial charge in [-0.2, -0.15) is 0 Å². The first-order valence-electron chi connectivity index (χ1n) is 11.6. The number of carbonyl (C=O) groups is 1. The minimum Gasteiger partial charge on any atom is -0.386 e. The maximum Gasteiger partial charge on any atom is 0.325 e. The predicted molar refractivity (Wildman–Crippen MR) is 133 cm³/mol. The van der Waals surface area contributed by atoms with Crippen molar-refractivity contribution >= 4 is 34.2 Å². The lowest BCUT2D eigenvalue weighted by Gasteiger charge is -2.30. The van der Waals surface area contributed by atoms with Crippen LogP contribution in [-0.2, 0) is 9.63 Å². The summed E-state index contributed by atoms with van der Waals surface area (Å²) in [6, 6.07) is 16.0. The Kier molecular flexibility index (Phi) is 6.12. The van der Waals surface area contributed by atoms with E-state index in [1.54, 1.807) is 11.1 Å². The van der Waals surface area contributed by atoms with Gasteiger partial charge in [-0.1, -0.05) is 54.8 Å². The Balaban J connectivity index is 1.31. The van der Waals surface area contributed by atoms with E-state index in [1.807, 2.05) is 55.6 Å². The molecule has 0 saturated heterocycles. The molecule has 0 aliphatic heterocycles. The monoisotopic (exact) mass is 457 g/mol. The first kappa shape index (κ1) is 21.9. The standard InChI is InChI=1S/C26H27N5O3/c1-31(20-8-3-2-4-9-20)24(32)16-34-27-15-18-7-5-6-10-21(18)17-11-12-22-19(13-17)14-23-25(28-22)30-26(33)29-23/h5-7,10-15,20H,2-4,8-9,16H2,1H3,(H2,28,29,30,33)/b27-15+. The van der Waals surface area contributed by atoms with Gasteiger partial charge in [0.2, 0.25) is 0 Å². The van der Waals surface area contributed by atoms with Gasteiger partial charge >= 0.3 is 5.69 Å². The molecule has 0 atom stereocenters. The summed E-state index contributed by atoms with van der Waals surface area (Å²) < 4.78 is 0. The third-order valence-electron chi connectivity index (χ3n) is 6.54. The number of aromatic amines is 2. The SMILES string of the molecule is CN(C(=O)CO/N=C/c1ccccc1-c1ccc2nc3[nH]c(=O)[nH]c3cc2c1)C1CCCCC1. The number of imidazole rings is 1. The van der Waals surface area contributed by atoms with Gasteiger partial charge in [0.1, 0.15) is 0 Å². The van der Waals surface area contributed by atoms with Crippen LogP contribution >= 0.6 is 0 Å². The van der Waals surface area contributed by atoms with Crippen molar-refractivity contribution in [3.8, 4) is 11.1 Å². The summed E-state index contributed by atoms with van der Waals surface area (Å²) in [5, 5.41) is 4.99. The van der Waals surface area contributed by atoms with Gasteiger partial charge in [-0.05, 0) is 42.2 Å². The largest absolute Gasteiger partial charge is 0.386 e. The molecule has 0 radical (unpaired) electrons. The number of benzene rings is 2. The highest BCUT2D eigenvalue weighted by atomic mass is 16.6. The Bertz CT molecular complexity index is 1420. The highest BCUT2D eigenvalue weighted by Crippen LogP contribution is 2.27. The topological polar surface area (TPSA) is 103 Å². The lowest BCUT2D eigenvalue weighted by molar-refractivity contribution is -0.137. The number of nitrogens with one attached hydrogen (secondary N) is 2. The number of amides is 1. The average molecular weight is 458 g/mol. The fourth-order valence-corrected chi connectivity index (χ4v) is 4.63. The van der Waals surface area contributed by atoms with Crippen LogP contribution in [0.2, 0.25) is 0 Å². The van der Waals surface area contributed by atoms with Crippen LogP contribution in [0, 0.1) is 0 Å². The van der Waals surface area contributed by atoms with Crippen molar-refractivity contribution in [2.75, 3.05) is 13.7 Å². The number of rotatable bonds is 6. The molecule has 174 valence electrons. The first-order valence-corrected chi connectivity index (χ1v) is 11.6. The molecule has 34 heavy (non-hydrogen) atoms. The molecule has 8 nitrogen and oxygen atoms in total. The van der Waals surface area contributed by atoms with Crippen molar-refractivity contribution in [3.05, 3.63) is 64.6 Å². The van der Waals surface area contributed by atoms with Gasteiger partial charge < -0.3 is 14.7 Å². The first-order chi connectivity index (χ1) is 16.6. The van der Waals surface area contributed by atoms with Crippen molar-refractivity contribution < 1.29 is 9.63 Å². The lowest BCUT2D eigenvalue weighted by Crippen LogP contribution is -2.40. The van der Waals surface area contributed by atoms with Crippen LogP contribution in [0.5, 0.6) is 0 Å². The number of likely N-dealkylation sites (N-methyl/N-ethyl adjacent to an activating group) is 1. The molecule has 1 aliphatic carbocycles. The van der Waals surface area contributed by atoms with E-state index in [0.29, 0.717) is 17.2 Å². The number of pyridine rings is 1. The van der Waals surface area contributed by atoms with Crippen LogP contribution in [0.3, 0.4) is 0 Å². The number of carbonyl (C=O) groups excluding carboxylic acids is 1. The van der Waals surface area contributed by atoms with E-state index in [4.69, 9.17) is 4.84 Å². The number of nitrogens with zero attached hydrogens (tertiary/aromatic N) is 3. The van der Waals surface area contributed by atoms with Gasteiger partial charge in [-0.3, -0.25) is 9.78 Å². The smallest absolute Gasteiger partial charge is 0.325 e. The third kappa shape index (κ3) is 4.57. The van der Waals surface area contributed by atoms with Crippen LogP contribution in [0.25, 0.3) is 33.2 Å². The van der Waals surface area contributed by atoms with Crippen molar-refractivity contribution in [3.63, 3.8) is 0 Å². The summed E-state index contributed by atoms with van der Waals surface area (Å²) in [5.74, 6) is -0.0477. The fraction of sp³-hybridized carbons (Fsp3) is 0.308. The second-order valence-electron chi connectivity index (χ2n) is 8.76. The quantitative estimate of drug-likeness (QED) is 0.334. The Morgan fingerprint density at radius 3 is 2.82 bits per heavy atom. The van der Waals surface area contributed by atoms with Crippen LogP contribution < -0.4 is 5.69 Å². The van der Waals surface area contributed by atoms with E-state index < -0.39 is 0 Å². The number of oxime groups is 1. The number of hydrogen-bond acceptors (Lipinski definition) is 5. The number of H-pyrrole nitrogens is 2. The zero-order valence-corrected chi connectivity index (χ0v) is 19.1. The summed E-state index contributed by atoms with van der Waals surface area (Å²) in [5.41, 5.74) is 4.56. The number of aromatic nitrogens is 3. The summed E-state index contributed by atoms with van der Waals surface area (Å²) in [6.45, 7) is -0.0713. The molecule has 0 bridgehead atoms. The molecule has 1 aliphatic rings. The fourth-order valence-electron chi connectivity index (χ4n) is 4.63. The zero-order chi connectivity index (χ0) is 23.5. The second-order valence-corrected chi connectivity index (χ2v) is 8.76. The molecule has 4 aromatic rings. The Morgan fingerprint density at radius 1 is 1.15 bits per heavy atom. The Hall–Kier alpha value is -3.94. The van der Waals surface area contributed by atoms with Crippen molar-refractivity contribution in [1.29, 1.82) is 0 Å². The molecule has 2 N–H and O–H groups in total. The van der Waals surface area contributed by atoms with E-state index in [9.17, 15) is 9.59 Å². The minimum absolute atomic E-state index is 0.0477. The van der Waals surface area contributed by atoms with E-state index in [2.05, 4.69) is 20.1 Å². The summed E-state index contributed by atoms with van der Waals surface area (Å²) in [4.78, 5) is 41.2. The van der Waals surface area contributed by atoms with Gasteiger partial charge in [0.05, 0.1) is 17.2 Å². The molecule has 5 rings (SSSR count). The molecule has 1 saturated carbocycles. The number of fused-ring (bicyclic) bond motifs is 2. The molecular formula is C26H27N5O3. The molecule has 2 aromatic heterocycles. The maximum absolute atomic E-state index is 12.5. The maximum atomic E-state index is 12.5. The lowest BCUT2D eigenvalue weighted by atomic mass is 9.94.